The summed E-state index contributed by atoms with van der Waals surface area (Å²) in [6, 6.07) is 0.738. The Morgan fingerprint density at radius 1 is 1.18 bits per heavy atom. The van der Waals surface area contributed by atoms with Crippen LogP contribution in [0.2, 0.25) is 0 Å². The first-order chi connectivity index (χ1) is 10.2. The number of fused-ring (bicyclic) bond motifs is 1. The lowest BCUT2D eigenvalue weighted by Crippen LogP contribution is -2.61. The lowest BCUT2D eigenvalue weighted by molar-refractivity contribution is -0.134. The SMILES string of the molecule is Cl.O=C1CN(CCC(=O)N2CCNCC2)C2CCCCC2N1. The fourth-order valence-corrected chi connectivity index (χ4v) is 3.83. The van der Waals surface area contributed by atoms with Gasteiger partial charge >= 0.3 is 0 Å². The van der Waals surface area contributed by atoms with Crippen molar-refractivity contribution in [3.63, 3.8) is 0 Å². The highest BCUT2D eigenvalue weighted by atomic mass is 35.5. The average Bonchev–Trinajstić information content (AvgIpc) is 2.53. The van der Waals surface area contributed by atoms with Crippen molar-refractivity contribution >= 4 is 24.2 Å². The molecule has 2 amide bonds. The molecule has 2 saturated heterocycles. The normalized spacial score (nSPS) is 29.3. The highest BCUT2D eigenvalue weighted by Gasteiger charge is 2.36. The van der Waals surface area contributed by atoms with Crippen molar-refractivity contribution in [2.45, 2.75) is 44.2 Å². The molecular formula is C15H27ClN4O2. The maximum Gasteiger partial charge on any atom is 0.234 e. The van der Waals surface area contributed by atoms with Crippen molar-refractivity contribution in [1.82, 2.24) is 20.4 Å². The minimum absolute atomic E-state index is 0. The van der Waals surface area contributed by atoms with Crippen molar-refractivity contribution in [2.24, 2.45) is 0 Å². The van der Waals surface area contributed by atoms with Crippen molar-refractivity contribution in [2.75, 3.05) is 39.3 Å². The molecule has 0 aromatic carbocycles. The number of piperazine rings is 2. The zero-order chi connectivity index (χ0) is 14.7. The third kappa shape index (κ3) is 4.12. The van der Waals surface area contributed by atoms with Gasteiger partial charge in [-0.3, -0.25) is 14.5 Å². The number of hydrogen-bond acceptors (Lipinski definition) is 4. The van der Waals surface area contributed by atoms with E-state index in [-0.39, 0.29) is 24.2 Å². The van der Waals surface area contributed by atoms with Crippen LogP contribution in [0.15, 0.2) is 0 Å². The first-order valence-electron chi connectivity index (χ1n) is 8.26. The van der Waals surface area contributed by atoms with Gasteiger partial charge in [0.05, 0.1) is 6.54 Å². The first kappa shape index (κ1) is 17.5. The molecule has 2 atom stereocenters. The molecule has 0 spiro atoms. The van der Waals surface area contributed by atoms with E-state index in [0.717, 1.165) is 45.6 Å². The second-order valence-electron chi connectivity index (χ2n) is 6.38. The number of amides is 2. The van der Waals surface area contributed by atoms with Gasteiger partial charge in [-0.1, -0.05) is 12.8 Å². The maximum absolute atomic E-state index is 12.3. The third-order valence-electron chi connectivity index (χ3n) is 4.97. The van der Waals surface area contributed by atoms with E-state index in [4.69, 9.17) is 0 Å². The highest BCUT2D eigenvalue weighted by molar-refractivity contribution is 5.85. The molecule has 7 heteroatoms. The van der Waals surface area contributed by atoms with Gasteiger partial charge < -0.3 is 15.5 Å². The standard InChI is InChI=1S/C15H26N4O2.ClH/c20-14-11-19(13-4-2-1-3-12(13)17-14)8-5-15(21)18-9-6-16-7-10-18;/h12-13,16H,1-11H2,(H,17,20);1H. The molecule has 3 fully saturated rings. The Labute approximate surface area is 138 Å². The van der Waals surface area contributed by atoms with Crippen molar-refractivity contribution in [1.29, 1.82) is 0 Å². The number of nitrogens with one attached hydrogen (secondary N) is 2. The summed E-state index contributed by atoms with van der Waals surface area (Å²) in [5.41, 5.74) is 0. The van der Waals surface area contributed by atoms with Crippen LogP contribution in [-0.4, -0.2) is 73.0 Å². The van der Waals surface area contributed by atoms with Crippen LogP contribution >= 0.6 is 12.4 Å². The van der Waals surface area contributed by atoms with Gasteiger partial charge in [-0.15, -0.1) is 12.4 Å². The molecule has 22 heavy (non-hydrogen) atoms. The lowest BCUT2D eigenvalue weighted by atomic mass is 9.87. The van der Waals surface area contributed by atoms with E-state index in [9.17, 15) is 9.59 Å². The summed E-state index contributed by atoms with van der Waals surface area (Å²) < 4.78 is 0. The molecule has 3 aliphatic rings. The van der Waals surface area contributed by atoms with Crippen LogP contribution in [0.3, 0.4) is 0 Å². The zero-order valence-corrected chi connectivity index (χ0v) is 13.9. The number of carbonyl (C=O) groups excluding carboxylic acids is 2. The molecule has 2 heterocycles. The quantitative estimate of drug-likeness (QED) is 0.763. The molecule has 1 aliphatic carbocycles. The summed E-state index contributed by atoms with van der Waals surface area (Å²) in [5, 5.41) is 6.38. The largest absolute Gasteiger partial charge is 0.351 e. The van der Waals surface area contributed by atoms with Gasteiger partial charge in [-0.2, -0.15) is 0 Å². The Morgan fingerprint density at radius 3 is 2.68 bits per heavy atom. The van der Waals surface area contributed by atoms with E-state index < -0.39 is 0 Å². The third-order valence-corrected chi connectivity index (χ3v) is 4.97. The van der Waals surface area contributed by atoms with E-state index in [0.29, 0.717) is 25.0 Å². The van der Waals surface area contributed by atoms with Gasteiger partial charge in [0.25, 0.3) is 0 Å². The molecule has 2 N–H and O–H groups in total. The molecular weight excluding hydrogens is 304 g/mol. The number of hydrogen-bond donors (Lipinski definition) is 2. The average molecular weight is 331 g/mol. The predicted molar refractivity (Wildman–Crippen MR) is 87.1 cm³/mol. The van der Waals surface area contributed by atoms with E-state index in [1.165, 1.54) is 12.8 Å². The Bertz CT molecular complexity index is 401. The fraction of sp³-hybridized carbons (Fsp3) is 0.867. The lowest BCUT2D eigenvalue weighted by Gasteiger charge is -2.44. The van der Waals surface area contributed by atoms with Crippen LogP contribution in [0.1, 0.15) is 32.1 Å². The second kappa shape index (κ2) is 8.13. The van der Waals surface area contributed by atoms with E-state index >= 15 is 0 Å². The summed E-state index contributed by atoms with van der Waals surface area (Å²) in [5.74, 6) is 0.350. The molecule has 0 aromatic heterocycles. The van der Waals surface area contributed by atoms with Crippen LogP contribution < -0.4 is 10.6 Å². The summed E-state index contributed by atoms with van der Waals surface area (Å²) in [4.78, 5) is 28.3. The fourth-order valence-electron chi connectivity index (χ4n) is 3.83. The Hall–Kier alpha value is -0.850. The Balaban J connectivity index is 0.00000176. The molecule has 0 bridgehead atoms. The summed E-state index contributed by atoms with van der Waals surface area (Å²) >= 11 is 0. The Morgan fingerprint density at radius 2 is 1.91 bits per heavy atom. The highest BCUT2D eigenvalue weighted by Crippen LogP contribution is 2.25. The molecule has 2 aliphatic heterocycles. The number of nitrogens with zero attached hydrogens (tertiary/aromatic N) is 2. The molecule has 0 aromatic rings. The molecule has 6 nitrogen and oxygen atoms in total. The van der Waals surface area contributed by atoms with Crippen LogP contribution in [-0.2, 0) is 9.59 Å². The van der Waals surface area contributed by atoms with Crippen molar-refractivity contribution in [3.8, 4) is 0 Å². The van der Waals surface area contributed by atoms with Crippen molar-refractivity contribution in [3.05, 3.63) is 0 Å². The van der Waals surface area contributed by atoms with E-state index in [1.54, 1.807) is 0 Å². The van der Waals surface area contributed by atoms with Crippen LogP contribution in [0.5, 0.6) is 0 Å². The number of halogens is 1. The number of carbonyl (C=O) groups is 2. The monoisotopic (exact) mass is 330 g/mol. The van der Waals surface area contributed by atoms with Gasteiger partial charge in [0.15, 0.2) is 0 Å². The minimum Gasteiger partial charge on any atom is -0.351 e. The minimum atomic E-state index is 0. The predicted octanol–water partition coefficient (Wildman–Crippen LogP) is -0.0269. The smallest absolute Gasteiger partial charge is 0.234 e. The number of rotatable bonds is 3. The summed E-state index contributed by atoms with van der Waals surface area (Å²) in [6.07, 6.45) is 5.20. The molecule has 2 unspecified atom stereocenters. The molecule has 126 valence electrons. The van der Waals surface area contributed by atoms with Gasteiger partial charge in [-0.05, 0) is 12.8 Å². The molecule has 3 rings (SSSR count). The second-order valence-corrected chi connectivity index (χ2v) is 6.38. The maximum atomic E-state index is 12.3. The van der Waals surface area contributed by atoms with E-state index in [1.807, 2.05) is 4.90 Å². The van der Waals surface area contributed by atoms with Gasteiger partial charge in [0.1, 0.15) is 0 Å². The van der Waals surface area contributed by atoms with Crippen LogP contribution in [0, 0.1) is 0 Å². The molecule has 0 radical (unpaired) electrons. The summed E-state index contributed by atoms with van der Waals surface area (Å²) in [6.45, 7) is 4.58. The van der Waals surface area contributed by atoms with Gasteiger partial charge in [0.2, 0.25) is 11.8 Å². The van der Waals surface area contributed by atoms with Gasteiger partial charge in [0, 0.05) is 51.2 Å². The molecule has 1 saturated carbocycles. The van der Waals surface area contributed by atoms with Crippen LogP contribution in [0.25, 0.3) is 0 Å². The van der Waals surface area contributed by atoms with Crippen LogP contribution in [0.4, 0.5) is 0 Å². The zero-order valence-electron chi connectivity index (χ0n) is 13.1. The van der Waals surface area contributed by atoms with Gasteiger partial charge in [-0.25, -0.2) is 0 Å². The first-order valence-corrected chi connectivity index (χ1v) is 8.26. The topological polar surface area (TPSA) is 64.7 Å². The van der Waals surface area contributed by atoms with E-state index in [2.05, 4.69) is 15.5 Å². The van der Waals surface area contributed by atoms with Crippen molar-refractivity contribution < 1.29 is 9.59 Å². The Kier molecular flexibility index (Phi) is 6.47. The summed E-state index contributed by atoms with van der Waals surface area (Å²) in [7, 11) is 0.